The van der Waals surface area contributed by atoms with Gasteiger partial charge in [0.15, 0.2) is 0 Å². The van der Waals surface area contributed by atoms with E-state index in [1.54, 1.807) is 48.2 Å². The summed E-state index contributed by atoms with van der Waals surface area (Å²) in [5, 5.41) is 3.35. The number of carbonyl (C=O) groups excluding carboxylic acids is 1. The average Bonchev–Trinajstić information content (AvgIpc) is 3.14. The maximum Gasteiger partial charge on any atom is 0.471 e. The number of methoxy groups -OCH3 is 1. The molecule has 0 aliphatic rings. The molecule has 0 saturated carbocycles. The van der Waals surface area contributed by atoms with Crippen molar-refractivity contribution in [3.05, 3.63) is 35.7 Å². The van der Waals surface area contributed by atoms with Crippen molar-refractivity contribution in [2.75, 3.05) is 33.9 Å². The fourth-order valence-electron chi connectivity index (χ4n) is 2.32. The molecule has 148 valence electrons. The number of urea groups is 1. The molecule has 0 unspecified atom stereocenters. The second kappa shape index (κ2) is 8.85. The summed E-state index contributed by atoms with van der Waals surface area (Å²) < 4.78 is 46.8. The van der Waals surface area contributed by atoms with Gasteiger partial charge in [0.25, 0.3) is 0 Å². The third-order valence-electron chi connectivity index (χ3n) is 3.86. The van der Waals surface area contributed by atoms with Gasteiger partial charge in [0.2, 0.25) is 5.82 Å². The highest BCUT2D eigenvalue weighted by Crippen LogP contribution is 2.29. The Morgan fingerprint density at radius 2 is 1.93 bits per heavy atom. The van der Waals surface area contributed by atoms with Crippen LogP contribution < -0.4 is 0 Å². The molecule has 27 heavy (non-hydrogen) atoms. The van der Waals surface area contributed by atoms with Gasteiger partial charge in [-0.05, 0) is 12.5 Å². The molecule has 0 saturated heterocycles. The van der Waals surface area contributed by atoms with Gasteiger partial charge in [0.1, 0.15) is 0 Å². The predicted molar refractivity (Wildman–Crippen MR) is 90.7 cm³/mol. The Morgan fingerprint density at radius 1 is 1.26 bits per heavy atom. The normalized spacial score (nSPS) is 11.5. The van der Waals surface area contributed by atoms with E-state index < -0.39 is 12.1 Å². The van der Waals surface area contributed by atoms with Gasteiger partial charge in [-0.15, -0.1) is 0 Å². The summed E-state index contributed by atoms with van der Waals surface area (Å²) in [5.74, 6) is -1.53. The number of carbonyl (C=O) groups is 1. The second-order valence-corrected chi connectivity index (χ2v) is 5.83. The summed E-state index contributed by atoms with van der Waals surface area (Å²) in [4.78, 5) is 19.0. The smallest absolute Gasteiger partial charge is 0.383 e. The van der Waals surface area contributed by atoms with Crippen molar-refractivity contribution in [2.45, 2.75) is 19.6 Å². The van der Waals surface area contributed by atoms with E-state index in [1.807, 2.05) is 6.92 Å². The van der Waals surface area contributed by atoms with Crippen LogP contribution in [0.3, 0.4) is 0 Å². The van der Waals surface area contributed by atoms with E-state index in [4.69, 9.17) is 4.74 Å². The van der Waals surface area contributed by atoms with Crippen LogP contribution in [-0.2, 0) is 17.5 Å². The van der Waals surface area contributed by atoms with Crippen LogP contribution in [0.25, 0.3) is 11.4 Å². The number of rotatable bonds is 7. The lowest BCUT2D eigenvalue weighted by atomic mass is 10.1. The SMILES string of the molecule is CCN(Cc1ccc(-c2noc(C(F)(F)F)n2)cc1)C(=O)N(C)CCOC. The minimum atomic E-state index is -4.68. The lowest BCUT2D eigenvalue weighted by Crippen LogP contribution is -2.41. The summed E-state index contributed by atoms with van der Waals surface area (Å²) in [6.07, 6.45) is -4.68. The molecule has 0 aliphatic heterocycles. The molecule has 0 fully saturated rings. The standard InChI is InChI=1S/C17H21F3N4O3/c1-4-24(16(25)23(2)9-10-26-3)11-12-5-7-13(8-6-12)14-21-15(27-22-14)17(18,19)20/h5-8H,4,9-11H2,1-3H3. The fourth-order valence-corrected chi connectivity index (χ4v) is 2.32. The molecule has 0 bridgehead atoms. The summed E-state index contributed by atoms with van der Waals surface area (Å²) >= 11 is 0. The van der Waals surface area contributed by atoms with E-state index in [0.717, 1.165) is 5.56 Å². The molecule has 0 radical (unpaired) electrons. The lowest BCUT2D eigenvalue weighted by Gasteiger charge is -2.27. The van der Waals surface area contributed by atoms with E-state index in [1.165, 1.54) is 0 Å². The van der Waals surface area contributed by atoms with Crippen molar-refractivity contribution in [3.8, 4) is 11.4 Å². The molecule has 0 spiro atoms. The summed E-state index contributed by atoms with van der Waals surface area (Å²) in [6, 6.07) is 6.47. The highest BCUT2D eigenvalue weighted by atomic mass is 19.4. The number of halogens is 3. The molecular formula is C17H21F3N4O3. The number of aromatic nitrogens is 2. The molecule has 1 aromatic carbocycles. The Balaban J connectivity index is 2.05. The quantitative estimate of drug-likeness (QED) is 0.730. The zero-order chi connectivity index (χ0) is 20.0. The molecule has 2 aromatic rings. The summed E-state index contributed by atoms with van der Waals surface area (Å²) in [6.45, 7) is 3.67. The molecule has 2 rings (SSSR count). The molecule has 0 aliphatic carbocycles. The molecule has 2 amide bonds. The molecule has 10 heteroatoms. The van der Waals surface area contributed by atoms with Gasteiger partial charge < -0.3 is 19.1 Å². The number of likely N-dealkylation sites (N-methyl/N-ethyl adjacent to an activating group) is 1. The highest BCUT2D eigenvalue weighted by Gasteiger charge is 2.38. The number of hydrogen-bond donors (Lipinski definition) is 0. The fraction of sp³-hybridized carbons (Fsp3) is 0.471. The molecule has 1 aromatic heterocycles. The molecular weight excluding hydrogens is 365 g/mol. The van der Waals surface area contributed by atoms with Crippen LogP contribution in [-0.4, -0.2) is 59.8 Å². The van der Waals surface area contributed by atoms with E-state index in [0.29, 0.717) is 31.8 Å². The number of nitrogens with zero attached hydrogens (tertiary/aromatic N) is 4. The van der Waals surface area contributed by atoms with E-state index in [2.05, 4.69) is 14.7 Å². The number of benzene rings is 1. The molecule has 0 atom stereocenters. The van der Waals surface area contributed by atoms with Crippen LogP contribution in [0.1, 0.15) is 18.4 Å². The first kappa shape index (κ1) is 20.7. The van der Waals surface area contributed by atoms with Crippen molar-refractivity contribution in [1.29, 1.82) is 0 Å². The van der Waals surface area contributed by atoms with E-state index in [-0.39, 0.29) is 11.9 Å². The Labute approximate surface area is 154 Å². The number of ether oxygens (including phenoxy) is 1. The van der Waals surface area contributed by atoms with Crippen molar-refractivity contribution < 1.29 is 27.2 Å². The van der Waals surface area contributed by atoms with E-state index >= 15 is 0 Å². The first-order valence-electron chi connectivity index (χ1n) is 8.25. The van der Waals surface area contributed by atoms with Gasteiger partial charge in [-0.2, -0.15) is 18.2 Å². The van der Waals surface area contributed by atoms with Gasteiger partial charge in [0, 0.05) is 39.4 Å². The van der Waals surface area contributed by atoms with Crippen molar-refractivity contribution in [2.24, 2.45) is 0 Å². The zero-order valence-electron chi connectivity index (χ0n) is 15.3. The van der Waals surface area contributed by atoms with Crippen molar-refractivity contribution >= 4 is 6.03 Å². The first-order chi connectivity index (χ1) is 12.8. The van der Waals surface area contributed by atoms with Crippen molar-refractivity contribution in [1.82, 2.24) is 19.9 Å². The zero-order valence-corrected chi connectivity index (χ0v) is 15.3. The second-order valence-electron chi connectivity index (χ2n) is 5.83. The Morgan fingerprint density at radius 3 is 2.44 bits per heavy atom. The molecule has 1 heterocycles. The Bertz CT molecular complexity index is 747. The monoisotopic (exact) mass is 386 g/mol. The predicted octanol–water partition coefficient (Wildman–Crippen LogP) is 3.28. The average molecular weight is 386 g/mol. The minimum Gasteiger partial charge on any atom is -0.383 e. The van der Waals surface area contributed by atoms with Crippen LogP contribution in [0, 0.1) is 0 Å². The Kier molecular flexibility index (Phi) is 6.78. The van der Waals surface area contributed by atoms with Gasteiger partial charge in [-0.1, -0.05) is 29.4 Å². The Hall–Kier alpha value is -2.62. The van der Waals surface area contributed by atoms with Gasteiger partial charge in [-0.25, -0.2) is 4.79 Å². The van der Waals surface area contributed by atoms with E-state index in [9.17, 15) is 18.0 Å². The topological polar surface area (TPSA) is 71.7 Å². The van der Waals surface area contributed by atoms with Gasteiger partial charge in [0.05, 0.1) is 6.61 Å². The maximum absolute atomic E-state index is 12.5. The van der Waals surface area contributed by atoms with Gasteiger partial charge in [-0.3, -0.25) is 0 Å². The van der Waals surface area contributed by atoms with Crippen LogP contribution >= 0.6 is 0 Å². The largest absolute Gasteiger partial charge is 0.471 e. The number of alkyl halides is 3. The third-order valence-corrected chi connectivity index (χ3v) is 3.86. The van der Waals surface area contributed by atoms with Crippen LogP contribution in [0.15, 0.2) is 28.8 Å². The van der Waals surface area contributed by atoms with Crippen molar-refractivity contribution in [3.63, 3.8) is 0 Å². The first-order valence-corrected chi connectivity index (χ1v) is 8.25. The van der Waals surface area contributed by atoms with Crippen LogP contribution in [0.4, 0.5) is 18.0 Å². The minimum absolute atomic E-state index is 0.133. The number of amides is 2. The summed E-state index contributed by atoms with van der Waals surface area (Å²) in [5.41, 5.74) is 1.22. The van der Waals surface area contributed by atoms with Crippen LogP contribution in [0.2, 0.25) is 0 Å². The maximum atomic E-state index is 12.5. The van der Waals surface area contributed by atoms with Crippen LogP contribution in [0.5, 0.6) is 0 Å². The summed E-state index contributed by atoms with van der Waals surface area (Å²) in [7, 11) is 3.26. The van der Waals surface area contributed by atoms with Gasteiger partial charge >= 0.3 is 18.1 Å². The molecule has 7 nitrogen and oxygen atoms in total. The lowest BCUT2D eigenvalue weighted by molar-refractivity contribution is -0.159. The molecule has 0 N–H and O–H groups in total. The highest BCUT2D eigenvalue weighted by molar-refractivity contribution is 5.74. The third kappa shape index (κ3) is 5.43. The number of hydrogen-bond acceptors (Lipinski definition) is 5.